The summed E-state index contributed by atoms with van der Waals surface area (Å²) in [6, 6.07) is 5.83. The number of esters is 1. The van der Waals surface area contributed by atoms with Gasteiger partial charge in [0.1, 0.15) is 5.82 Å². The summed E-state index contributed by atoms with van der Waals surface area (Å²) < 4.78 is 18.3. The number of hydrogen-bond acceptors (Lipinski definition) is 3. The Hall–Kier alpha value is -2.17. The lowest BCUT2D eigenvalue weighted by Crippen LogP contribution is -2.25. The van der Waals surface area contributed by atoms with E-state index < -0.39 is 18.3 Å². The number of carbonyl (C=O) groups is 2. The van der Waals surface area contributed by atoms with Gasteiger partial charge in [0.25, 0.3) is 5.91 Å². The number of allylic oxidation sites excluding steroid dienone is 2. The van der Waals surface area contributed by atoms with Gasteiger partial charge in [0.2, 0.25) is 0 Å². The highest BCUT2D eigenvalue weighted by Gasteiger charge is 2.21. The number of anilines is 1. The van der Waals surface area contributed by atoms with Gasteiger partial charge in [0, 0.05) is 0 Å². The summed E-state index contributed by atoms with van der Waals surface area (Å²) in [4.78, 5) is 23.3. The molecule has 1 aromatic rings. The van der Waals surface area contributed by atoms with E-state index in [-0.39, 0.29) is 17.6 Å². The van der Waals surface area contributed by atoms with Crippen molar-refractivity contribution in [2.24, 2.45) is 5.92 Å². The van der Waals surface area contributed by atoms with E-state index >= 15 is 0 Å². The third-order valence-corrected chi connectivity index (χ3v) is 3.10. The van der Waals surface area contributed by atoms with Crippen LogP contribution in [0.5, 0.6) is 0 Å². The summed E-state index contributed by atoms with van der Waals surface area (Å²) in [5.74, 6) is -1.63. The van der Waals surface area contributed by atoms with Gasteiger partial charge < -0.3 is 10.1 Å². The first kappa shape index (κ1) is 14.2. The number of rotatable bonds is 4. The number of ether oxygens (including phenoxy) is 1. The lowest BCUT2D eigenvalue weighted by molar-refractivity contribution is -0.151. The molecular weight excluding hydrogens is 261 g/mol. The summed E-state index contributed by atoms with van der Waals surface area (Å²) in [5.41, 5.74) is 0.0779. The number of hydrogen-bond donors (Lipinski definition) is 1. The van der Waals surface area contributed by atoms with Gasteiger partial charge in [0.15, 0.2) is 6.61 Å². The predicted molar refractivity (Wildman–Crippen MR) is 72.5 cm³/mol. The SMILES string of the molecule is O=C(COC(=O)[C@@H]1CC=CCC1)Nc1ccccc1F. The number of benzene rings is 1. The van der Waals surface area contributed by atoms with E-state index in [9.17, 15) is 14.0 Å². The highest BCUT2D eigenvalue weighted by atomic mass is 19.1. The Labute approximate surface area is 116 Å². The summed E-state index contributed by atoms with van der Waals surface area (Å²) in [6.07, 6.45) is 6.20. The van der Waals surface area contributed by atoms with Crippen molar-refractivity contribution in [3.63, 3.8) is 0 Å². The molecule has 1 atom stereocenters. The lowest BCUT2D eigenvalue weighted by Gasteiger charge is -2.16. The predicted octanol–water partition coefficient (Wildman–Crippen LogP) is 2.66. The van der Waals surface area contributed by atoms with Crippen LogP contribution in [0.1, 0.15) is 19.3 Å². The maximum atomic E-state index is 13.3. The second-order valence-corrected chi connectivity index (χ2v) is 4.62. The van der Waals surface area contributed by atoms with Gasteiger partial charge in [0.05, 0.1) is 11.6 Å². The number of amides is 1. The largest absolute Gasteiger partial charge is 0.455 e. The van der Waals surface area contributed by atoms with Crippen LogP contribution in [0.25, 0.3) is 0 Å². The van der Waals surface area contributed by atoms with E-state index in [0.29, 0.717) is 6.42 Å². The maximum absolute atomic E-state index is 13.3. The second-order valence-electron chi connectivity index (χ2n) is 4.62. The minimum atomic E-state index is -0.546. The quantitative estimate of drug-likeness (QED) is 0.680. The first-order valence-corrected chi connectivity index (χ1v) is 6.53. The van der Waals surface area contributed by atoms with Crippen LogP contribution in [0.3, 0.4) is 0 Å². The molecule has 0 radical (unpaired) electrons. The highest BCUT2D eigenvalue weighted by molar-refractivity contribution is 5.93. The Bertz CT molecular complexity index is 528. The van der Waals surface area contributed by atoms with Gasteiger partial charge in [-0.25, -0.2) is 4.39 Å². The fraction of sp³-hybridized carbons (Fsp3) is 0.333. The molecule has 0 aromatic heterocycles. The summed E-state index contributed by atoms with van der Waals surface area (Å²) in [7, 11) is 0. The average Bonchev–Trinajstić information content (AvgIpc) is 2.48. The van der Waals surface area contributed by atoms with Crippen LogP contribution in [-0.4, -0.2) is 18.5 Å². The zero-order valence-corrected chi connectivity index (χ0v) is 11.0. The van der Waals surface area contributed by atoms with Gasteiger partial charge >= 0.3 is 5.97 Å². The number of nitrogens with one attached hydrogen (secondary N) is 1. The zero-order chi connectivity index (χ0) is 14.4. The van der Waals surface area contributed by atoms with E-state index in [1.54, 1.807) is 6.07 Å². The molecule has 1 N–H and O–H groups in total. The first-order valence-electron chi connectivity index (χ1n) is 6.53. The van der Waals surface area contributed by atoms with Crippen LogP contribution in [0.2, 0.25) is 0 Å². The molecule has 0 saturated heterocycles. The Morgan fingerprint density at radius 3 is 2.80 bits per heavy atom. The molecule has 4 nitrogen and oxygen atoms in total. The highest BCUT2D eigenvalue weighted by Crippen LogP contribution is 2.19. The van der Waals surface area contributed by atoms with Gasteiger partial charge in [-0.15, -0.1) is 0 Å². The molecular formula is C15H16FNO3. The molecule has 0 saturated carbocycles. The molecule has 1 aromatic carbocycles. The van der Waals surface area contributed by atoms with Crippen LogP contribution in [0.4, 0.5) is 10.1 Å². The smallest absolute Gasteiger partial charge is 0.309 e. The Kier molecular flexibility index (Phi) is 4.87. The molecule has 1 aliphatic rings. The van der Waals surface area contributed by atoms with E-state index in [4.69, 9.17) is 4.74 Å². The summed E-state index contributed by atoms with van der Waals surface area (Å²) in [5, 5.41) is 2.36. The molecule has 106 valence electrons. The standard InChI is InChI=1S/C15H16FNO3/c16-12-8-4-5-9-13(12)17-14(18)10-20-15(19)11-6-2-1-3-7-11/h1-2,4-5,8-9,11H,3,6-7,10H2,(H,17,18)/t11-/m1/s1. The normalized spacial score (nSPS) is 17.6. The topological polar surface area (TPSA) is 55.4 Å². The van der Waals surface area contributed by atoms with Crippen molar-refractivity contribution < 1.29 is 18.7 Å². The van der Waals surface area contributed by atoms with Crippen molar-refractivity contribution >= 4 is 17.6 Å². The fourth-order valence-corrected chi connectivity index (χ4v) is 2.01. The zero-order valence-electron chi connectivity index (χ0n) is 11.0. The van der Waals surface area contributed by atoms with Crippen molar-refractivity contribution in [1.82, 2.24) is 0 Å². The Balaban J connectivity index is 1.79. The van der Waals surface area contributed by atoms with E-state index in [1.165, 1.54) is 18.2 Å². The molecule has 0 fully saturated rings. The Morgan fingerprint density at radius 2 is 2.10 bits per heavy atom. The van der Waals surface area contributed by atoms with Crippen LogP contribution >= 0.6 is 0 Å². The minimum absolute atomic E-state index is 0.0779. The lowest BCUT2D eigenvalue weighted by atomic mass is 9.95. The van der Waals surface area contributed by atoms with Crippen molar-refractivity contribution in [2.75, 3.05) is 11.9 Å². The minimum Gasteiger partial charge on any atom is -0.455 e. The molecule has 5 heteroatoms. The molecule has 20 heavy (non-hydrogen) atoms. The van der Waals surface area contributed by atoms with Crippen molar-refractivity contribution in [3.05, 3.63) is 42.2 Å². The van der Waals surface area contributed by atoms with E-state index in [0.717, 1.165) is 12.8 Å². The van der Waals surface area contributed by atoms with Gasteiger partial charge in [-0.05, 0) is 31.4 Å². The molecule has 0 bridgehead atoms. The van der Waals surface area contributed by atoms with Gasteiger partial charge in [-0.3, -0.25) is 9.59 Å². The third-order valence-electron chi connectivity index (χ3n) is 3.10. The van der Waals surface area contributed by atoms with E-state index in [1.807, 2.05) is 12.2 Å². The molecule has 0 aliphatic heterocycles. The van der Waals surface area contributed by atoms with Crippen LogP contribution in [0, 0.1) is 11.7 Å². The molecule has 1 aliphatic carbocycles. The monoisotopic (exact) mass is 277 g/mol. The molecule has 0 unspecified atom stereocenters. The summed E-state index contributed by atoms with van der Waals surface area (Å²) >= 11 is 0. The number of halogens is 1. The van der Waals surface area contributed by atoms with Crippen LogP contribution in [0.15, 0.2) is 36.4 Å². The summed E-state index contributed by atoms with van der Waals surface area (Å²) in [6.45, 7) is -0.395. The second kappa shape index (κ2) is 6.84. The Morgan fingerprint density at radius 1 is 1.30 bits per heavy atom. The number of para-hydroxylation sites is 1. The van der Waals surface area contributed by atoms with Crippen molar-refractivity contribution in [1.29, 1.82) is 0 Å². The molecule has 0 heterocycles. The average molecular weight is 277 g/mol. The maximum Gasteiger partial charge on any atom is 0.309 e. The van der Waals surface area contributed by atoms with Crippen molar-refractivity contribution in [2.45, 2.75) is 19.3 Å². The van der Waals surface area contributed by atoms with Gasteiger partial charge in [-0.1, -0.05) is 24.3 Å². The number of carbonyl (C=O) groups excluding carboxylic acids is 2. The van der Waals surface area contributed by atoms with Crippen LogP contribution < -0.4 is 5.32 Å². The molecule has 2 rings (SSSR count). The third kappa shape index (κ3) is 3.91. The van der Waals surface area contributed by atoms with Crippen molar-refractivity contribution in [3.8, 4) is 0 Å². The van der Waals surface area contributed by atoms with Gasteiger partial charge in [-0.2, -0.15) is 0 Å². The fourth-order valence-electron chi connectivity index (χ4n) is 2.01. The van der Waals surface area contributed by atoms with Crippen LogP contribution in [-0.2, 0) is 14.3 Å². The molecule has 1 amide bonds. The molecule has 0 spiro atoms. The first-order chi connectivity index (χ1) is 9.66. The van der Waals surface area contributed by atoms with E-state index in [2.05, 4.69) is 5.32 Å².